The van der Waals surface area contributed by atoms with Crippen LogP contribution >= 0.6 is 0 Å². The van der Waals surface area contributed by atoms with E-state index in [-0.39, 0.29) is 17.7 Å². The maximum atomic E-state index is 11.9. The number of carboxylic acids is 1. The number of fused-ring (bicyclic) bond motifs is 1. The molecular weight excluding hydrogens is 206 g/mol. The van der Waals surface area contributed by atoms with Crippen molar-refractivity contribution in [3.8, 4) is 0 Å². The first-order valence-electron chi connectivity index (χ1n) is 6.18. The number of hydrogen-bond acceptors (Lipinski definition) is 2. The van der Waals surface area contributed by atoms with Crippen LogP contribution in [0.5, 0.6) is 0 Å². The van der Waals surface area contributed by atoms with Crippen molar-refractivity contribution in [2.75, 3.05) is 0 Å². The van der Waals surface area contributed by atoms with Gasteiger partial charge >= 0.3 is 5.97 Å². The van der Waals surface area contributed by atoms with Gasteiger partial charge in [-0.25, -0.2) is 4.79 Å². The van der Waals surface area contributed by atoms with Crippen molar-refractivity contribution in [1.82, 2.24) is 5.32 Å². The van der Waals surface area contributed by atoms with Crippen molar-refractivity contribution >= 4 is 11.9 Å². The van der Waals surface area contributed by atoms with E-state index in [4.69, 9.17) is 5.11 Å². The van der Waals surface area contributed by atoms with Crippen LogP contribution in [0.25, 0.3) is 0 Å². The normalized spacial score (nSPS) is 37.6. The first kappa shape index (κ1) is 10.1. The lowest BCUT2D eigenvalue weighted by molar-refractivity contribution is -0.143. The highest BCUT2D eigenvalue weighted by Gasteiger charge is 2.49. The third-order valence-electron chi connectivity index (χ3n) is 4.27. The summed E-state index contributed by atoms with van der Waals surface area (Å²) in [5.74, 6) is 0.896. The molecule has 16 heavy (non-hydrogen) atoms. The molecule has 3 rings (SSSR count). The van der Waals surface area contributed by atoms with Crippen molar-refractivity contribution in [3.05, 3.63) is 0 Å². The van der Waals surface area contributed by atoms with Gasteiger partial charge in [0.1, 0.15) is 6.04 Å². The fourth-order valence-corrected chi connectivity index (χ4v) is 3.01. The van der Waals surface area contributed by atoms with Gasteiger partial charge in [-0.05, 0) is 49.9 Å². The lowest BCUT2D eigenvalue weighted by Gasteiger charge is -2.17. The lowest BCUT2D eigenvalue weighted by atomic mass is 10.0. The highest BCUT2D eigenvalue weighted by molar-refractivity contribution is 5.85. The van der Waals surface area contributed by atoms with Crippen LogP contribution in [-0.2, 0) is 9.59 Å². The Morgan fingerprint density at radius 1 is 1.12 bits per heavy atom. The fourth-order valence-electron chi connectivity index (χ4n) is 3.01. The minimum atomic E-state index is -0.876. The first-order valence-corrected chi connectivity index (χ1v) is 6.18. The van der Waals surface area contributed by atoms with Gasteiger partial charge in [-0.2, -0.15) is 0 Å². The third kappa shape index (κ3) is 1.81. The van der Waals surface area contributed by atoms with E-state index in [0.717, 1.165) is 37.5 Å². The summed E-state index contributed by atoms with van der Waals surface area (Å²) < 4.78 is 0. The summed E-state index contributed by atoms with van der Waals surface area (Å²) in [4.78, 5) is 22.9. The molecule has 3 unspecified atom stereocenters. The molecule has 3 aliphatic rings. The zero-order chi connectivity index (χ0) is 11.3. The van der Waals surface area contributed by atoms with E-state index in [9.17, 15) is 9.59 Å². The molecule has 0 aromatic rings. The number of hydrogen-bond donors (Lipinski definition) is 2. The van der Waals surface area contributed by atoms with Crippen LogP contribution in [-0.4, -0.2) is 23.0 Å². The monoisotopic (exact) mass is 223 g/mol. The second-order valence-electron chi connectivity index (χ2n) is 5.59. The molecule has 4 nitrogen and oxygen atoms in total. The standard InChI is InChI=1S/C12H17NO3/c14-11(9-4-7-3-8(7)5-9)13-10(12(15)16)6-1-2-6/h6-10H,1-5H2,(H,13,14)(H,15,16). The molecule has 0 aromatic carbocycles. The highest BCUT2D eigenvalue weighted by atomic mass is 16.4. The molecule has 3 atom stereocenters. The predicted molar refractivity (Wildman–Crippen MR) is 56.6 cm³/mol. The minimum Gasteiger partial charge on any atom is -0.480 e. The molecule has 0 heterocycles. The SMILES string of the molecule is O=C(NC(C(=O)O)C1CC1)C1CC2CC2C1. The average Bonchev–Trinajstić information content (AvgIpc) is 3.15. The molecule has 0 saturated heterocycles. The Bertz CT molecular complexity index is 327. The molecule has 0 spiro atoms. The minimum absolute atomic E-state index is 0.0218. The third-order valence-corrected chi connectivity index (χ3v) is 4.27. The van der Waals surface area contributed by atoms with Gasteiger partial charge in [0.2, 0.25) is 5.91 Å². The van der Waals surface area contributed by atoms with E-state index in [1.165, 1.54) is 6.42 Å². The molecule has 0 aromatic heterocycles. The zero-order valence-corrected chi connectivity index (χ0v) is 9.19. The van der Waals surface area contributed by atoms with Crippen LogP contribution in [0.15, 0.2) is 0 Å². The molecular formula is C12H17NO3. The van der Waals surface area contributed by atoms with Crippen molar-refractivity contribution in [2.24, 2.45) is 23.7 Å². The maximum absolute atomic E-state index is 11.9. The smallest absolute Gasteiger partial charge is 0.326 e. The second kappa shape index (κ2) is 3.47. The quantitative estimate of drug-likeness (QED) is 0.747. The van der Waals surface area contributed by atoms with E-state index in [0.29, 0.717) is 0 Å². The van der Waals surface area contributed by atoms with E-state index >= 15 is 0 Å². The van der Waals surface area contributed by atoms with Crippen LogP contribution in [0.2, 0.25) is 0 Å². The average molecular weight is 223 g/mol. The van der Waals surface area contributed by atoms with Crippen LogP contribution in [0.4, 0.5) is 0 Å². The topological polar surface area (TPSA) is 66.4 Å². The van der Waals surface area contributed by atoms with E-state index in [1.54, 1.807) is 0 Å². The van der Waals surface area contributed by atoms with Crippen LogP contribution in [0.3, 0.4) is 0 Å². The zero-order valence-electron chi connectivity index (χ0n) is 9.19. The number of rotatable bonds is 4. The summed E-state index contributed by atoms with van der Waals surface area (Å²) >= 11 is 0. The molecule has 4 heteroatoms. The largest absolute Gasteiger partial charge is 0.480 e. The summed E-state index contributed by atoms with van der Waals surface area (Å²) in [6.45, 7) is 0. The summed E-state index contributed by atoms with van der Waals surface area (Å²) in [6, 6.07) is -0.635. The fraction of sp³-hybridized carbons (Fsp3) is 0.833. The Hall–Kier alpha value is -1.06. The number of carbonyl (C=O) groups excluding carboxylic acids is 1. The van der Waals surface area contributed by atoms with Gasteiger partial charge in [-0.15, -0.1) is 0 Å². The van der Waals surface area contributed by atoms with Gasteiger partial charge in [0.15, 0.2) is 0 Å². The van der Waals surface area contributed by atoms with Gasteiger partial charge in [-0.1, -0.05) is 0 Å². The maximum Gasteiger partial charge on any atom is 0.326 e. The van der Waals surface area contributed by atoms with Crippen molar-refractivity contribution in [2.45, 2.75) is 38.1 Å². The Kier molecular flexibility index (Phi) is 2.19. The summed E-state index contributed by atoms with van der Waals surface area (Å²) in [6.07, 6.45) is 5.12. The molecule has 3 saturated carbocycles. The number of nitrogens with one attached hydrogen (secondary N) is 1. The molecule has 0 radical (unpaired) electrons. The first-order chi connectivity index (χ1) is 7.65. The molecule has 88 valence electrons. The van der Waals surface area contributed by atoms with E-state index < -0.39 is 12.0 Å². The lowest BCUT2D eigenvalue weighted by Crippen LogP contribution is -2.44. The predicted octanol–water partition coefficient (Wildman–Crippen LogP) is 1.01. The Morgan fingerprint density at radius 2 is 1.75 bits per heavy atom. The molecule has 3 fully saturated rings. The summed E-state index contributed by atoms with van der Waals surface area (Å²) in [5, 5.41) is 11.7. The molecule has 1 amide bonds. The van der Waals surface area contributed by atoms with E-state index in [2.05, 4.69) is 5.32 Å². The van der Waals surface area contributed by atoms with Gasteiger partial charge in [0.25, 0.3) is 0 Å². The number of carboxylic acid groups (broad SMARTS) is 1. The second-order valence-corrected chi connectivity index (χ2v) is 5.59. The highest BCUT2D eigenvalue weighted by Crippen LogP contribution is 2.54. The Labute approximate surface area is 94.4 Å². The van der Waals surface area contributed by atoms with Crippen LogP contribution in [0.1, 0.15) is 32.1 Å². The van der Waals surface area contributed by atoms with Gasteiger partial charge in [0, 0.05) is 5.92 Å². The van der Waals surface area contributed by atoms with Crippen molar-refractivity contribution < 1.29 is 14.7 Å². The molecule has 0 aliphatic heterocycles. The Morgan fingerprint density at radius 3 is 2.25 bits per heavy atom. The summed E-state index contributed by atoms with van der Waals surface area (Å²) in [7, 11) is 0. The van der Waals surface area contributed by atoms with Gasteiger partial charge in [-0.3, -0.25) is 4.79 Å². The van der Waals surface area contributed by atoms with Crippen LogP contribution < -0.4 is 5.32 Å². The summed E-state index contributed by atoms with van der Waals surface area (Å²) in [5.41, 5.74) is 0. The molecule has 3 aliphatic carbocycles. The number of carbonyl (C=O) groups is 2. The number of aliphatic carboxylic acids is 1. The van der Waals surface area contributed by atoms with Crippen molar-refractivity contribution in [1.29, 1.82) is 0 Å². The Balaban J connectivity index is 1.56. The van der Waals surface area contributed by atoms with Crippen molar-refractivity contribution in [3.63, 3.8) is 0 Å². The number of amides is 1. The van der Waals surface area contributed by atoms with Gasteiger partial charge < -0.3 is 10.4 Å². The van der Waals surface area contributed by atoms with E-state index in [1.807, 2.05) is 0 Å². The van der Waals surface area contributed by atoms with Gasteiger partial charge in [0.05, 0.1) is 0 Å². The molecule has 2 N–H and O–H groups in total. The molecule has 0 bridgehead atoms. The van der Waals surface area contributed by atoms with Crippen LogP contribution in [0, 0.1) is 23.7 Å².